The van der Waals surface area contributed by atoms with E-state index in [1.54, 1.807) is 14.2 Å². The van der Waals surface area contributed by atoms with Crippen molar-refractivity contribution < 1.29 is 22.7 Å². The van der Waals surface area contributed by atoms with Crippen LogP contribution in [0.2, 0.25) is 0 Å². The third-order valence-corrected chi connectivity index (χ3v) is 7.48. The monoisotopic (exact) mass is 384 g/mol. The molecule has 0 radical (unpaired) electrons. The van der Waals surface area contributed by atoms with E-state index in [4.69, 9.17) is 9.47 Å². The second kappa shape index (κ2) is 6.87. The number of benzene rings is 1. The molecule has 7 nitrogen and oxygen atoms in total. The third-order valence-electron chi connectivity index (χ3n) is 4.23. The van der Waals surface area contributed by atoms with Crippen molar-refractivity contribution in [3.63, 3.8) is 0 Å². The van der Waals surface area contributed by atoms with Crippen molar-refractivity contribution in [2.24, 2.45) is 4.99 Å². The van der Waals surface area contributed by atoms with Gasteiger partial charge in [-0.05, 0) is 17.7 Å². The fourth-order valence-electron chi connectivity index (χ4n) is 3.13. The molecule has 1 aromatic carbocycles. The van der Waals surface area contributed by atoms with Crippen LogP contribution in [0, 0.1) is 0 Å². The molecule has 1 aromatic rings. The van der Waals surface area contributed by atoms with Crippen LogP contribution in [0.25, 0.3) is 0 Å². The number of aliphatic imine (C=N–C) groups is 1. The van der Waals surface area contributed by atoms with Gasteiger partial charge in [-0.1, -0.05) is 17.8 Å². The Hall–Kier alpha value is -1.74. The number of hydrogen-bond donors (Lipinski definition) is 0. The molecule has 136 valence electrons. The lowest BCUT2D eigenvalue weighted by molar-refractivity contribution is -0.115. The van der Waals surface area contributed by atoms with Gasteiger partial charge in [-0.25, -0.2) is 8.42 Å². The number of amidine groups is 1. The summed E-state index contributed by atoms with van der Waals surface area (Å²) in [7, 11) is 0.0815. The predicted octanol–water partition coefficient (Wildman–Crippen LogP) is 1.32. The summed E-state index contributed by atoms with van der Waals surface area (Å²) in [5, 5.41) is 0.510. The highest BCUT2D eigenvalue weighted by molar-refractivity contribution is 8.15. The Morgan fingerprint density at radius 3 is 2.64 bits per heavy atom. The van der Waals surface area contributed by atoms with Crippen LogP contribution in [0.15, 0.2) is 23.2 Å². The molecule has 0 unspecified atom stereocenters. The molecule has 3 rings (SSSR count). The van der Waals surface area contributed by atoms with Gasteiger partial charge in [0.25, 0.3) is 0 Å². The molecule has 2 fully saturated rings. The topological polar surface area (TPSA) is 85.3 Å². The Bertz CT molecular complexity index is 822. The molecule has 0 aromatic heterocycles. The van der Waals surface area contributed by atoms with E-state index in [2.05, 4.69) is 4.99 Å². The van der Waals surface area contributed by atoms with E-state index in [1.165, 1.54) is 18.7 Å². The Kier molecular flexibility index (Phi) is 4.97. The largest absolute Gasteiger partial charge is 0.493 e. The van der Waals surface area contributed by atoms with Crippen molar-refractivity contribution in [2.75, 3.05) is 25.7 Å². The Morgan fingerprint density at radius 2 is 2.00 bits per heavy atom. The first-order valence-corrected chi connectivity index (χ1v) is 10.5. The van der Waals surface area contributed by atoms with Gasteiger partial charge in [0, 0.05) is 18.7 Å². The van der Waals surface area contributed by atoms with Crippen LogP contribution in [0.1, 0.15) is 12.5 Å². The van der Waals surface area contributed by atoms with E-state index >= 15 is 0 Å². The molecule has 0 spiro atoms. The van der Waals surface area contributed by atoms with Crippen LogP contribution < -0.4 is 9.47 Å². The van der Waals surface area contributed by atoms with E-state index in [1.807, 2.05) is 23.1 Å². The summed E-state index contributed by atoms with van der Waals surface area (Å²) in [6.45, 7) is 1.85. The van der Waals surface area contributed by atoms with Gasteiger partial charge in [-0.3, -0.25) is 4.79 Å². The molecule has 25 heavy (non-hydrogen) atoms. The minimum Gasteiger partial charge on any atom is -0.493 e. The highest BCUT2D eigenvalue weighted by atomic mass is 32.2. The van der Waals surface area contributed by atoms with Crippen LogP contribution in [0.4, 0.5) is 0 Å². The first kappa shape index (κ1) is 18.1. The molecule has 2 aliphatic rings. The molecule has 0 saturated carbocycles. The van der Waals surface area contributed by atoms with Gasteiger partial charge in [0.15, 0.2) is 26.5 Å². The predicted molar refractivity (Wildman–Crippen MR) is 97.0 cm³/mol. The summed E-state index contributed by atoms with van der Waals surface area (Å²) in [5.41, 5.74) is 0.930. The van der Waals surface area contributed by atoms with Gasteiger partial charge in [-0.2, -0.15) is 4.99 Å². The number of methoxy groups -OCH3 is 2. The fraction of sp³-hybridized carbons (Fsp3) is 0.500. The minimum absolute atomic E-state index is 0.0803. The lowest BCUT2D eigenvalue weighted by Crippen LogP contribution is -2.37. The van der Waals surface area contributed by atoms with Crippen LogP contribution in [-0.4, -0.2) is 61.4 Å². The average Bonchev–Trinajstić information content (AvgIpc) is 2.99. The maximum absolute atomic E-state index is 12.0. The van der Waals surface area contributed by atoms with Crippen molar-refractivity contribution in [2.45, 2.75) is 24.8 Å². The number of rotatable bonds is 4. The quantitative estimate of drug-likeness (QED) is 0.774. The number of ether oxygens (including phenoxy) is 2. The van der Waals surface area contributed by atoms with Gasteiger partial charge >= 0.3 is 0 Å². The molecule has 2 heterocycles. The Labute approximate surface area is 151 Å². The zero-order valence-electron chi connectivity index (χ0n) is 14.3. The van der Waals surface area contributed by atoms with Crippen molar-refractivity contribution in [3.8, 4) is 11.5 Å². The van der Waals surface area contributed by atoms with E-state index in [0.717, 1.165) is 5.56 Å². The van der Waals surface area contributed by atoms with E-state index < -0.39 is 9.84 Å². The molecular weight excluding hydrogens is 364 g/mol. The van der Waals surface area contributed by atoms with Gasteiger partial charge in [0.05, 0.1) is 31.8 Å². The van der Waals surface area contributed by atoms with Crippen molar-refractivity contribution in [1.82, 2.24) is 4.90 Å². The normalized spacial score (nSPS) is 25.9. The zero-order chi connectivity index (χ0) is 18.2. The molecule has 1 amide bonds. The number of thioether (sulfide) groups is 1. The van der Waals surface area contributed by atoms with Gasteiger partial charge in [0.1, 0.15) is 0 Å². The van der Waals surface area contributed by atoms with Gasteiger partial charge in [0.2, 0.25) is 5.91 Å². The zero-order valence-corrected chi connectivity index (χ0v) is 15.9. The number of amides is 1. The summed E-state index contributed by atoms with van der Waals surface area (Å²) in [4.78, 5) is 17.4. The second-order valence-corrected chi connectivity index (χ2v) is 9.39. The SMILES string of the molecule is COc1ccc(CN2C(=NC(C)=O)S[C@@H]3CS(=O)(=O)C[C@H]32)cc1OC. The molecule has 0 bridgehead atoms. The van der Waals surface area contributed by atoms with Crippen molar-refractivity contribution in [1.29, 1.82) is 0 Å². The summed E-state index contributed by atoms with van der Waals surface area (Å²) in [6.07, 6.45) is 0. The molecule has 9 heteroatoms. The molecule has 2 aliphatic heterocycles. The highest BCUT2D eigenvalue weighted by Crippen LogP contribution is 2.39. The average molecular weight is 384 g/mol. The van der Waals surface area contributed by atoms with Gasteiger partial charge in [-0.15, -0.1) is 0 Å². The summed E-state index contributed by atoms with van der Waals surface area (Å²) in [6, 6.07) is 5.39. The van der Waals surface area contributed by atoms with E-state index in [-0.39, 0.29) is 28.7 Å². The summed E-state index contributed by atoms with van der Waals surface area (Å²) < 4.78 is 34.5. The third kappa shape index (κ3) is 3.77. The molecule has 2 atom stereocenters. The number of hydrogen-bond acceptors (Lipinski definition) is 6. The standard InChI is InChI=1S/C16H20N2O5S2/c1-10(19)17-16-18(12-8-25(20,21)9-15(12)24-16)7-11-4-5-13(22-2)14(6-11)23-3/h4-6,12,15H,7-9H2,1-3H3/t12-,15-/m1/s1. The Morgan fingerprint density at radius 1 is 1.28 bits per heavy atom. The molecule has 2 saturated heterocycles. The van der Waals surface area contributed by atoms with E-state index in [9.17, 15) is 13.2 Å². The second-order valence-electron chi connectivity index (χ2n) is 6.03. The smallest absolute Gasteiger partial charge is 0.244 e. The number of fused-ring (bicyclic) bond motifs is 1. The number of carbonyl (C=O) groups is 1. The number of sulfone groups is 1. The minimum atomic E-state index is -3.05. The number of nitrogens with zero attached hydrogens (tertiary/aromatic N) is 2. The lowest BCUT2D eigenvalue weighted by atomic mass is 10.1. The molecule has 0 aliphatic carbocycles. The highest BCUT2D eigenvalue weighted by Gasteiger charge is 2.48. The van der Waals surface area contributed by atoms with Gasteiger partial charge < -0.3 is 14.4 Å². The van der Waals surface area contributed by atoms with Crippen molar-refractivity contribution in [3.05, 3.63) is 23.8 Å². The lowest BCUT2D eigenvalue weighted by Gasteiger charge is -2.24. The van der Waals surface area contributed by atoms with Crippen LogP contribution >= 0.6 is 11.8 Å². The first-order chi connectivity index (χ1) is 11.8. The molecular formula is C16H20N2O5S2. The summed E-state index contributed by atoms with van der Waals surface area (Å²) >= 11 is 1.38. The van der Waals surface area contributed by atoms with Crippen LogP contribution in [0.3, 0.4) is 0 Å². The van der Waals surface area contributed by atoms with Crippen molar-refractivity contribution >= 4 is 32.7 Å². The van der Waals surface area contributed by atoms with Crippen LogP contribution in [0.5, 0.6) is 11.5 Å². The maximum Gasteiger partial charge on any atom is 0.244 e. The fourth-order valence-corrected chi connectivity index (χ4v) is 7.13. The first-order valence-electron chi connectivity index (χ1n) is 7.77. The van der Waals surface area contributed by atoms with Crippen LogP contribution in [-0.2, 0) is 21.2 Å². The maximum atomic E-state index is 12.0. The Balaban J connectivity index is 1.90. The number of carbonyl (C=O) groups excluding carboxylic acids is 1. The van der Waals surface area contributed by atoms with E-state index in [0.29, 0.717) is 23.2 Å². The summed E-state index contributed by atoms with van der Waals surface area (Å²) in [5.74, 6) is 1.16. The molecule has 0 N–H and O–H groups in total.